The Bertz CT molecular complexity index is 481. The van der Waals surface area contributed by atoms with Crippen LogP contribution in [0.25, 0.3) is 0 Å². The van der Waals surface area contributed by atoms with Crippen LogP contribution in [0.15, 0.2) is 18.2 Å². The van der Waals surface area contributed by atoms with Crippen LogP contribution in [0.3, 0.4) is 0 Å². The van der Waals surface area contributed by atoms with Gasteiger partial charge in [0, 0.05) is 17.8 Å². The number of amides is 1. The molecule has 0 unspecified atom stereocenters. The third-order valence-corrected chi connectivity index (χ3v) is 3.06. The predicted octanol–water partition coefficient (Wildman–Crippen LogP) is 1.59. The Labute approximate surface area is 105 Å². The van der Waals surface area contributed by atoms with E-state index in [1.807, 2.05) is 0 Å². The highest BCUT2D eigenvalue weighted by Gasteiger charge is 2.22. The van der Waals surface area contributed by atoms with E-state index in [0.29, 0.717) is 11.3 Å². The van der Waals surface area contributed by atoms with Gasteiger partial charge in [-0.15, -0.1) is 0 Å². The molecule has 1 aromatic carbocycles. The molecule has 2 rings (SSSR count). The number of nitrogens with one attached hydrogen (secondary N) is 2. The molecule has 1 aromatic rings. The van der Waals surface area contributed by atoms with Crippen molar-refractivity contribution in [2.75, 3.05) is 11.9 Å². The molecule has 0 saturated carbocycles. The van der Waals surface area contributed by atoms with Crippen LogP contribution in [-0.4, -0.2) is 23.4 Å². The molecule has 1 saturated heterocycles. The number of nitro benzene ring substituents is 1. The lowest BCUT2D eigenvalue weighted by atomic mass is 10.1. The summed E-state index contributed by atoms with van der Waals surface area (Å²) in [7, 11) is 0. The second kappa shape index (κ2) is 5.14. The van der Waals surface area contributed by atoms with Gasteiger partial charge >= 0.3 is 0 Å². The molecule has 0 spiro atoms. The molecular formula is C12H15N3O3. The summed E-state index contributed by atoms with van der Waals surface area (Å²) in [5.41, 5.74) is 1.35. The van der Waals surface area contributed by atoms with Crippen LogP contribution in [0.1, 0.15) is 18.4 Å². The monoisotopic (exact) mass is 249 g/mol. The maximum absolute atomic E-state index is 11.9. The Hall–Kier alpha value is -1.95. The highest BCUT2D eigenvalue weighted by atomic mass is 16.6. The third kappa shape index (κ3) is 2.65. The maximum atomic E-state index is 11.9. The quantitative estimate of drug-likeness (QED) is 0.629. The van der Waals surface area contributed by atoms with Crippen molar-refractivity contribution in [1.82, 2.24) is 5.32 Å². The standard InChI is InChI=1S/C12H15N3O3/c1-8-7-9(15(17)18)4-5-10(8)14-12(16)11-3-2-6-13-11/h4-5,7,11,13H,2-3,6H2,1H3,(H,14,16)/t11-/m1/s1. The first-order chi connectivity index (χ1) is 8.58. The molecule has 0 aromatic heterocycles. The van der Waals surface area contributed by atoms with Crippen LogP contribution in [0.4, 0.5) is 11.4 Å². The maximum Gasteiger partial charge on any atom is 0.269 e. The molecule has 18 heavy (non-hydrogen) atoms. The summed E-state index contributed by atoms with van der Waals surface area (Å²) in [6.07, 6.45) is 1.83. The molecular weight excluding hydrogens is 234 g/mol. The van der Waals surface area contributed by atoms with E-state index >= 15 is 0 Å². The number of hydrogen-bond donors (Lipinski definition) is 2. The van der Waals surface area contributed by atoms with E-state index in [-0.39, 0.29) is 17.6 Å². The number of nitrogens with zero attached hydrogens (tertiary/aromatic N) is 1. The van der Waals surface area contributed by atoms with E-state index in [9.17, 15) is 14.9 Å². The average Bonchev–Trinajstić information content (AvgIpc) is 2.85. The van der Waals surface area contributed by atoms with Crippen LogP contribution >= 0.6 is 0 Å². The Kier molecular flexibility index (Phi) is 3.57. The number of aryl methyl sites for hydroxylation is 1. The smallest absolute Gasteiger partial charge is 0.269 e. The van der Waals surface area contributed by atoms with E-state index in [1.54, 1.807) is 13.0 Å². The average molecular weight is 249 g/mol. The number of anilines is 1. The van der Waals surface area contributed by atoms with Gasteiger partial charge in [-0.2, -0.15) is 0 Å². The van der Waals surface area contributed by atoms with Gasteiger partial charge in [-0.25, -0.2) is 0 Å². The van der Waals surface area contributed by atoms with E-state index in [1.165, 1.54) is 12.1 Å². The number of rotatable bonds is 3. The highest BCUT2D eigenvalue weighted by Crippen LogP contribution is 2.21. The number of carbonyl (C=O) groups is 1. The Morgan fingerprint density at radius 2 is 2.33 bits per heavy atom. The normalized spacial score (nSPS) is 18.6. The van der Waals surface area contributed by atoms with Crippen LogP contribution in [0, 0.1) is 17.0 Å². The molecule has 1 fully saturated rings. The second-order valence-electron chi connectivity index (χ2n) is 4.39. The van der Waals surface area contributed by atoms with Gasteiger partial charge in [0.2, 0.25) is 5.91 Å². The van der Waals surface area contributed by atoms with Crippen molar-refractivity contribution >= 4 is 17.3 Å². The topological polar surface area (TPSA) is 84.3 Å². The van der Waals surface area contributed by atoms with Crippen molar-refractivity contribution in [2.45, 2.75) is 25.8 Å². The number of nitro groups is 1. The van der Waals surface area contributed by atoms with Gasteiger partial charge in [0.15, 0.2) is 0 Å². The van der Waals surface area contributed by atoms with Crippen LogP contribution in [0.2, 0.25) is 0 Å². The van der Waals surface area contributed by atoms with Gasteiger partial charge in [0.05, 0.1) is 11.0 Å². The fraction of sp³-hybridized carbons (Fsp3) is 0.417. The van der Waals surface area contributed by atoms with E-state index in [0.717, 1.165) is 19.4 Å². The van der Waals surface area contributed by atoms with Crippen LogP contribution in [0.5, 0.6) is 0 Å². The van der Waals surface area contributed by atoms with Crippen LogP contribution < -0.4 is 10.6 Å². The predicted molar refractivity (Wildman–Crippen MR) is 67.5 cm³/mol. The van der Waals surface area contributed by atoms with Gasteiger partial charge in [0.1, 0.15) is 0 Å². The zero-order chi connectivity index (χ0) is 13.1. The fourth-order valence-electron chi connectivity index (χ4n) is 2.03. The number of non-ortho nitro benzene ring substituents is 1. The summed E-state index contributed by atoms with van der Waals surface area (Å²) < 4.78 is 0. The van der Waals surface area contributed by atoms with Crippen molar-refractivity contribution in [1.29, 1.82) is 0 Å². The zero-order valence-electron chi connectivity index (χ0n) is 10.1. The molecule has 6 heteroatoms. The van der Waals surface area contributed by atoms with Crippen molar-refractivity contribution in [3.8, 4) is 0 Å². The zero-order valence-corrected chi connectivity index (χ0v) is 10.1. The first-order valence-corrected chi connectivity index (χ1v) is 5.87. The molecule has 1 aliphatic heterocycles. The Balaban J connectivity index is 2.09. The number of hydrogen-bond acceptors (Lipinski definition) is 4. The summed E-state index contributed by atoms with van der Waals surface area (Å²) in [5.74, 6) is -0.0792. The first kappa shape index (κ1) is 12.5. The molecule has 1 heterocycles. The van der Waals surface area contributed by atoms with Crippen molar-refractivity contribution in [3.63, 3.8) is 0 Å². The summed E-state index contributed by atoms with van der Waals surface area (Å²) in [4.78, 5) is 22.0. The van der Waals surface area contributed by atoms with Gasteiger partial charge in [-0.05, 0) is 37.9 Å². The summed E-state index contributed by atoms with van der Waals surface area (Å²) in [5, 5.41) is 16.5. The first-order valence-electron chi connectivity index (χ1n) is 5.87. The molecule has 0 radical (unpaired) electrons. The molecule has 96 valence electrons. The lowest BCUT2D eigenvalue weighted by Gasteiger charge is -2.12. The minimum absolute atomic E-state index is 0.0319. The summed E-state index contributed by atoms with van der Waals surface area (Å²) in [6.45, 7) is 2.60. The van der Waals surface area contributed by atoms with Crippen molar-refractivity contribution in [2.24, 2.45) is 0 Å². The molecule has 1 amide bonds. The largest absolute Gasteiger partial charge is 0.324 e. The Morgan fingerprint density at radius 3 is 2.89 bits per heavy atom. The van der Waals surface area contributed by atoms with Crippen molar-refractivity contribution in [3.05, 3.63) is 33.9 Å². The number of benzene rings is 1. The molecule has 0 bridgehead atoms. The SMILES string of the molecule is Cc1cc([N+](=O)[O-])ccc1NC(=O)[C@H]1CCCN1. The molecule has 0 aliphatic carbocycles. The number of carbonyl (C=O) groups excluding carboxylic acids is 1. The molecule has 1 atom stereocenters. The Morgan fingerprint density at radius 1 is 1.56 bits per heavy atom. The third-order valence-electron chi connectivity index (χ3n) is 3.06. The van der Waals surface area contributed by atoms with Crippen molar-refractivity contribution < 1.29 is 9.72 Å². The molecule has 1 aliphatic rings. The minimum atomic E-state index is -0.447. The van der Waals surface area contributed by atoms with Gasteiger partial charge in [-0.1, -0.05) is 0 Å². The second-order valence-corrected chi connectivity index (χ2v) is 4.39. The van der Waals surface area contributed by atoms with Crippen LogP contribution in [-0.2, 0) is 4.79 Å². The van der Waals surface area contributed by atoms with Gasteiger partial charge in [0.25, 0.3) is 5.69 Å². The fourth-order valence-corrected chi connectivity index (χ4v) is 2.03. The highest BCUT2D eigenvalue weighted by molar-refractivity contribution is 5.95. The lowest BCUT2D eigenvalue weighted by molar-refractivity contribution is -0.384. The minimum Gasteiger partial charge on any atom is -0.324 e. The summed E-state index contributed by atoms with van der Waals surface area (Å²) >= 11 is 0. The van der Waals surface area contributed by atoms with Gasteiger partial charge < -0.3 is 10.6 Å². The molecule has 6 nitrogen and oxygen atoms in total. The lowest BCUT2D eigenvalue weighted by Crippen LogP contribution is -2.35. The van der Waals surface area contributed by atoms with Gasteiger partial charge in [-0.3, -0.25) is 14.9 Å². The van der Waals surface area contributed by atoms with E-state index in [4.69, 9.17) is 0 Å². The van der Waals surface area contributed by atoms with E-state index < -0.39 is 4.92 Å². The molecule has 2 N–H and O–H groups in total. The van der Waals surface area contributed by atoms with E-state index in [2.05, 4.69) is 10.6 Å². The summed E-state index contributed by atoms with van der Waals surface area (Å²) in [6, 6.07) is 4.27.